The fraction of sp³-hybridized carbons (Fsp3) is 0. The first-order chi connectivity index (χ1) is 27.7. The zero-order chi connectivity index (χ0) is 36.7. The number of para-hydroxylation sites is 1. The molecule has 1 aliphatic rings. The standard InChI is InChI=1S/C51H30N4S/c1-2-12-32(13-3-1)49-52-50(36-22-21-31-11-4-5-14-33(31)27-36)54-51(53-49)42-25-26-46-48-40(18-10-19-41(42)48)39-24-23-37(30-47(39)56-46)55-44-20-9-8-17-38(44)43-28-34-15-6-7-16-35(34)29-45(43)55/h1-30H. The molecule has 4 nitrogen and oxygen atoms in total. The van der Waals surface area contributed by atoms with Gasteiger partial charge in [0.25, 0.3) is 0 Å². The first-order valence-corrected chi connectivity index (χ1v) is 19.7. The highest BCUT2D eigenvalue weighted by molar-refractivity contribution is 7.99. The lowest BCUT2D eigenvalue weighted by Gasteiger charge is -2.22. The average molecular weight is 731 g/mol. The van der Waals surface area contributed by atoms with Crippen molar-refractivity contribution in [2.45, 2.75) is 9.79 Å². The monoisotopic (exact) mass is 730 g/mol. The van der Waals surface area contributed by atoms with Crippen LogP contribution in [0.4, 0.5) is 0 Å². The molecule has 0 saturated carbocycles. The van der Waals surface area contributed by atoms with E-state index in [2.05, 4.69) is 168 Å². The Morgan fingerprint density at radius 1 is 0.357 bits per heavy atom. The molecule has 0 unspecified atom stereocenters. The maximum Gasteiger partial charge on any atom is 0.164 e. The average Bonchev–Trinajstić information content (AvgIpc) is 3.58. The highest BCUT2D eigenvalue weighted by atomic mass is 32.2. The number of nitrogens with zero attached hydrogens (tertiary/aromatic N) is 4. The molecule has 0 radical (unpaired) electrons. The highest BCUT2D eigenvalue weighted by Crippen LogP contribution is 2.50. The normalized spacial score (nSPS) is 12.2. The minimum atomic E-state index is 0.657. The Hall–Kier alpha value is -7.08. The van der Waals surface area contributed by atoms with Crippen LogP contribution in [-0.2, 0) is 0 Å². The first kappa shape index (κ1) is 31.3. The minimum Gasteiger partial charge on any atom is -0.309 e. The second-order valence-electron chi connectivity index (χ2n) is 14.4. The van der Waals surface area contributed by atoms with Gasteiger partial charge >= 0.3 is 0 Å². The van der Waals surface area contributed by atoms with E-state index in [1.54, 1.807) is 0 Å². The summed E-state index contributed by atoms with van der Waals surface area (Å²) in [6.45, 7) is 0. The molecule has 0 atom stereocenters. The van der Waals surface area contributed by atoms with Crippen LogP contribution in [0.5, 0.6) is 0 Å². The van der Waals surface area contributed by atoms with Gasteiger partial charge < -0.3 is 4.57 Å². The third-order valence-electron chi connectivity index (χ3n) is 11.2. The van der Waals surface area contributed by atoms with Gasteiger partial charge in [0.1, 0.15) is 0 Å². The molecule has 3 heterocycles. The van der Waals surface area contributed by atoms with Crippen LogP contribution in [0.3, 0.4) is 0 Å². The van der Waals surface area contributed by atoms with Crippen molar-refractivity contribution in [1.82, 2.24) is 19.5 Å². The van der Waals surface area contributed by atoms with Crippen LogP contribution in [0, 0.1) is 0 Å². The van der Waals surface area contributed by atoms with Gasteiger partial charge in [-0.3, -0.25) is 0 Å². The third kappa shape index (κ3) is 4.84. The van der Waals surface area contributed by atoms with Crippen LogP contribution in [0.2, 0.25) is 0 Å². The van der Waals surface area contributed by atoms with Gasteiger partial charge in [-0.15, -0.1) is 0 Å². The summed E-state index contributed by atoms with van der Waals surface area (Å²) in [6.07, 6.45) is 0. The zero-order valence-corrected chi connectivity index (χ0v) is 30.8. The van der Waals surface area contributed by atoms with Gasteiger partial charge in [-0.1, -0.05) is 145 Å². The molecule has 0 bridgehead atoms. The molecule has 0 N–H and O–H groups in total. The topological polar surface area (TPSA) is 43.6 Å². The summed E-state index contributed by atoms with van der Waals surface area (Å²) in [4.78, 5) is 17.8. The predicted octanol–water partition coefficient (Wildman–Crippen LogP) is 13.6. The maximum atomic E-state index is 5.18. The molecular formula is C51H30N4S. The predicted molar refractivity (Wildman–Crippen MR) is 233 cm³/mol. The zero-order valence-electron chi connectivity index (χ0n) is 30.0. The number of rotatable bonds is 4. The summed E-state index contributed by atoms with van der Waals surface area (Å²) in [5.41, 5.74) is 8.95. The summed E-state index contributed by atoms with van der Waals surface area (Å²) in [7, 11) is 0. The van der Waals surface area contributed by atoms with E-state index in [1.165, 1.54) is 64.3 Å². The summed E-state index contributed by atoms with van der Waals surface area (Å²) in [5.74, 6) is 1.98. The van der Waals surface area contributed by atoms with Crippen LogP contribution in [0.15, 0.2) is 192 Å². The van der Waals surface area contributed by atoms with Crippen molar-refractivity contribution in [1.29, 1.82) is 0 Å². The molecular weight excluding hydrogens is 701 g/mol. The van der Waals surface area contributed by atoms with Gasteiger partial charge in [0.2, 0.25) is 0 Å². The summed E-state index contributed by atoms with van der Waals surface area (Å²) >= 11 is 1.84. The van der Waals surface area contributed by atoms with E-state index in [-0.39, 0.29) is 0 Å². The molecule has 260 valence electrons. The lowest BCUT2D eigenvalue weighted by atomic mass is 9.94. The highest BCUT2D eigenvalue weighted by Gasteiger charge is 2.24. The fourth-order valence-electron chi connectivity index (χ4n) is 8.56. The Morgan fingerprint density at radius 2 is 1.04 bits per heavy atom. The molecule has 0 spiro atoms. The van der Waals surface area contributed by atoms with Crippen molar-refractivity contribution in [3.05, 3.63) is 182 Å². The molecule has 0 fully saturated rings. The van der Waals surface area contributed by atoms with Crippen LogP contribution in [0.1, 0.15) is 0 Å². The number of fused-ring (bicyclic) bond motifs is 7. The Morgan fingerprint density at radius 3 is 1.89 bits per heavy atom. The van der Waals surface area contributed by atoms with Gasteiger partial charge in [0, 0.05) is 48.3 Å². The molecule has 0 aliphatic carbocycles. The Kier molecular flexibility index (Phi) is 6.83. The number of hydrogen-bond donors (Lipinski definition) is 0. The molecule has 5 heteroatoms. The van der Waals surface area contributed by atoms with E-state index in [9.17, 15) is 0 Å². The van der Waals surface area contributed by atoms with Gasteiger partial charge in [0.15, 0.2) is 17.5 Å². The van der Waals surface area contributed by atoms with E-state index < -0.39 is 0 Å². The molecule has 0 amide bonds. The van der Waals surface area contributed by atoms with E-state index in [0.717, 1.165) is 33.2 Å². The lowest BCUT2D eigenvalue weighted by Crippen LogP contribution is -2.02. The molecule has 1 aliphatic heterocycles. The number of aromatic nitrogens is 4. The smallest absolute Gasteiger partial charge is 0.164 e. The molecule has 9 aromatic carbocycles. The van der Waals surface area contributed by atoms with E-state index in [1.807, 2.05) is 30.0 Å². The van der Waals surface area contributed by atoms with Crippen LogP contribution in [0.25, 0.3) is 105 Å². The molecule has 2 aromatic heterocycles. The van der Waals surface area contributed by atoms with Gasteiger partial charge in [-0.25, -0.2) is 15.0 Å². The Bertz CT molecular complexity index is 3400. The molecule has 56 heavy (non-hydrogen) atoms. The fourth-order valence-corrected chi connectivity index (χ4v) is 9.72. The van der Waals surface area contributed by atoms with Gasteiger partial charge in [-0.05, 0) is 86.6 Å². The summed E-state index contributed by atoms with van der Waals surface area (Å²) < 4.78 is 2.43. The van der Waals surface area contributed by atoms with Gasteiger partial charge in [-0.2, -0.15) is 0 Å². The van der Waals surface area contributed by atoms with Crippen LogP contribution >= 0.6 is 11.8 Å². The number of benzene rings is 9. The number of hydrogen-bond acceptors (Lipinski definition) is 4. The van der Waals surface area contributed by atoms with E-state index in [4.69, 9.17) is 15.0 Å². The van der Waals surface area contributed by atoms with Crippen molar-refractivity contribution >= 4 is 65.9 Å². The van der Waals surface area contributed by atoms with Gasteiger partial charge in [0.05, 0.1) is 11.0 Å². The first-order valence-electron chi connectivity index (χ1n) is 18.8. The minimum absolute atomic E-state index is 0.657. The SMILES string of the molecule is c1ccc(-c2nc(-c3ccc4ccccc4c3)nc(-c3ccc4c5c(cccc35)-c3ccc(-n5c6ccccc6c6cc7ccccc7cc65)cc3S4)n2)cc1. The van der Waals surface area contributed by atoms with Crippen LogP contribution < -0.4 is 0 Å². The van der Waals surface area contributed by atoms with Crippen molar-refractivity contribution in [3.63, 3.8) is 0 Å². The largest absolute Gasteiger partial charge is 0.309 e. The van der Waals surface area contributed by atoms with Crippen molar-refractivity contribution in [3.8, 4) is 51.0 Å². The van der Waals surface area contributed by atoms with Crippen LogP contribution in [-0.4, -0.2) is 19.5 Å². The summed E-state index contributed by atoms with van der Waals surface area (Å²) in [5, 5.41) is 9.73. The summed E-state index contributed by atoms with van der Waals surface area (Å²) in [6, 6.07) is 65.1. The quantitative estimate of drug-likeness (QED) is 0.181. The molecule has 12 rings (SSSR count). The third-order valence-corrected chi connectivity index (χ3v) is 12.3. The maximum absolute atomic E-state index is 5.18. The second-order valence-corrected chi connectivity index (χ2v) is 15.5. The van der Waals surface area contributed by atoms with Crippen molar-refractivity contribution in [2.75, 3.05) is 0 Å². The van der Waals surface area contributed by atoms with Crippen molar-refractivity contribution < 1.29 is 0 Å². The van der Waals surface area contributed by atoms with Crippen molar-refractivity contribution in [2.24, 2.45) is 0 Å². The second kappa shape index (κ2) is 12.2. The van der Waals surface area contributed by atoms with E-state index in [0.29, 0.717) is 17.5 Å². The lowest BCUT2D eigenvalue weighted by molar-refractivity contribution is 1.08. The Balaban J connectivity index is 1.02. The molecule has 11 aromatic rings. The Labute approximate surface area is 326 Å². The molecule has 0 saturated heterocycles. The van der Waals surface area contributed by atoms with E-state index >= 15 is 0 Å².